The molecule has 0 saturated heterocycles. The van der Waals surface area contributed by atoms with E-state index in [0.717, 1.165) is 14.7 Å². The van der Waals surface area contributed by atoms with Crippen LogP contribution in [0, 0.1) is 13.7 Å². The molecule has 0 spiro atoms. The summed E-state index contributed by atoms with van der Waals surface area (Å²) >= 11 is 8.08. The average Bonchev–Trinajstić information content (AvgIpc) is 3.14. The van der Waals surface area contributed by atoms with Gasteiger partial charge >= 0.3 is 5.97 Å². The predicted octanol–water partition coefficient (Wildman–Crippen LogP) is 5.78. The fourth-order valence-corrected chi connectivity index (χ4v) is 3.43. The Morgan fingerprint density at radius 3 is 2.50 bits per heavy atom. The molecule has 3 aromatic carbocycles. The number of cyclic esters (lactones) is 1. The fraction of sp³-hybridized carbons (Fsp3) is 0.0435. The number of aliphatic imine (C=N–C) groups is 1. The van der Waals surface area contributed by atoms with E-state index in [1.165, 1.54) is 18.2 Å². The average molecular weight is 561 g/mol. The van der Waals surface area contributed by atoms with Gasteiger partial charge in [0.15, 0.2) is 5.70 Å². The molecule has 0 radical (unpaired) electrons. The number of halogens is 2. The molecule has 160 valence electrons. The van der Waals surface area contributed by atoms with Gasteiger partial charge < -0.3 is 9.47 Å². The highest BCUT2D eigenvalue weighted by Gasteiger charge is 2.26. The van der Waals surface area contributed by atoms with E-state index in [9.17, 15) is 14.9 Å². The van der Waals surface area contributed by atoms with Crippen LogP contribution in [0.5, 0.6) is 5.75 Å². The highest BCUT2D eigenvalue weighted by atomic mass is 127. The standard InChI is InChI=1S/C23H14ClIN2O5/c24-19-10-5-16(12-21(19)27(29)30)22-26-20(23(28)32-22)11-14-3-8-18(9-4-14)31-13-15-1-6-17(25)7-2-15/h1-12H,13H2/b20-11-. The van der Waals surface area contributed by atoms with Crippen LogP contribution >= 0.6 is 34.2 Å². The molecule has 1 aliphatic heterocycles. The quantitative estimate of drug-likeness (QED) is 0.125. The number of nitro benzene ring substituents is 1. The van der Waals surface area contributed by atoms with Gasteiger partial charge in [0.05, 0.1) is 4.92 Å². The van der Waals surface area contributed by atoms with Crippen molar-refractivity contribution in [3.05, 3.63) is 108 Å². The molecule has 0 N–H and O–H groups in total. The molecule has 3 aromatic rings. The fourth-order valence-electron chi connectivity index (χ4n) is 2.88. The molecule has 0 bridgehead atoms. The topological polar surface area (TPSA) is 91.0 Å². The van der Waals surface area contributed by atoms with Gasteiger partial charge in [-0.25, -0.2) is 9.79 Å². The van der Waals surface area contributed by atoms with Gasteiger partial charge in [-0.1, -0.05) is 35.9 Å². The minimum atomic E-state index is -0.642. The molecule has 1 heterocycles. The third-order valence-electron chi connectivity index (χ3n) is 4.51. The zero-order chi connectivity index (χ0) is 22.7. The molecule has 0 fully saturated rings. The monoisotopic (exact) mass is 560 g/mol. The molecular weight excluding hydrogens is 547 g/mol. The van der Waals surface area contributed by atoms with Gasteiger partial charge in [-0.3, -0.25) is 10.1 Å². The highest BCUT2D eigenvalue weighted by molar-refractivity contribution is 14.1. The third kappa shape index (κ3) is 5.14. The highest BCUT2D eigenvalue weighted by Crippen LogP contribution is 2.28. The largest absolute Gasteiger partial charge is 0.489 e. The van der Waals surface area contributed by atoms with E-state index < -0.39 is 10.9 Å². The zero-order valence-electron chi connectivity index (χ0n) is 16.3. The van der Waals surface area contributed by atoms with Crippen LogP contribution < -0.4 is 4.74 Å². The molecule has 1 aliphatic rings. The number of carbonyl (C=O) groups is 1. The van der Waals surface area contributed by atoms with E-state index in [-0.39, 0.29) is 27.9 Å². The van der Waals surface area contributed by atoms with Crippen LogP contribution in [-0.2, 0) is 16.1 Å². The third-order valence-corrected chi connectivity index (χ3v) is 5.55. The molecule has 0 aliphatic carbocycles. The molecule has 0 amide bonds. The van der Waals surface area contributed by atoms with E-state index in [1.54, 1.807) is 30.3 Å². The Labute approximate surface area is 201 Å². The van der Waals surface area contributed by atoms with Crippen molar-refractivity contribution >= 4 is 57.8 Å². The number of hydrogen-bond donors (Lipinski definition) is 0. The lowest BCUT2D eigenvalue weighted by Gasteiger charge is -2.06. The lowest BCUT2D eigenvalue weighted by molar-refractivity contribution is -0.384. The molecule has 4 rings (SSSR count). The number of nitrogens with zero attached hydrogens (tertiary/aromatic N) is 2. The van der Waals surface area contributed by atoms with Crippen LogP contribution in [-0.4, -0.2) is 16.8 Å². The smallest absolute Gasteiger partial charge is 0.363 e. The van der Waals surface area contributed by atoms with E-state index in [2.05, 4.69) is 27.6 Å². The Morgan fingerprint density at radius 1 is 1.09 bits per heavy atom. The van der Waals surface area contributed by atoms with E-state index in [0.29, 0.717) is 12.4 Å². The number of esters is 1. The van der Waals surface area contributed by atoms with E-state index >= 15 is 0 Å². The summed E-state index contributed by atoms with van der Waals surface area (Å²) < 4.78 is 12.1. The van der Waals surface area contributed by atoms with E-state index in [4.69, 9.17) is 21.1 Å². The molecule has 0 saturated carbocycles. The molecule has 32 heavy (non-hydrogen) atoms. The van der Waals surface area contributed by atoms with Gasteiger partial charge in [0.25, 0.3) is 5.69 Å². The number of ether oxygens (including phenoxy) is 2. The summed E-state index contributed by atoms with van der Waals surface area (Å²) in [5.41, 5.74) is 1.88. The van der Waals surface area contributed by atoms with Gasteiger partial charge in [-0.15, -0.1) is 0 Å². The molecule has 0 aromatic heterocycles. The van der Waals surface area contributed by atoms with Gasteiger partial charge in [-0.2, -0.15) is 0 Å². The first-order chi connectivity index (χ1) is 15.4. The van der Waals surface area contributed by atoms with Gasteiger partial charge in [0, 0.05) is 15.2 Å². The maximum atomic E-state index is 12.2. The van der Waals surface area contributed by atoms with Gasteiger partial charge in [-0.05, 0) is 76.2 Å². The number of hydrogen-bond acceptors (Lipinski definition) is 6. The zero-order valence-corrected chi connectivity index (χ0v) is 19.2. The Hall–Kier alpha value is -3.24. The second kappa shape index (κ2) is 9.49. The molecule has 0 unspecified atom stereocenters. The number of carbonyl (C=O) groups excluding carboxylic acids is 1. The van der Waals surface area contributed by atoms with Gasteiger partial charge in [0.2, 0.25) is 5.90 Å². The Bertz CT molecular complexity index is 1250. The van der Waals surface area contributed by atoms with Gasteiger partial charge in [0.1, 0.15) is 17.4 Å². The minimum Gasteiger partial charge on any atom is -0.489 e. The van der Waals surface area contributed by atoms with Crippen LogP contribution in [0.1, 0.15) is 16.7 Å². The first kappa shape index (κ1) is 22.0. The summed E-state index contributed by atoms with van der Waals surface area (Å²) in [6.45, 7) is 0.449. The molecule has 9 heteroatoms. The van der Waals surface area contributed by atoms with Crippen LogP contribution in [0.25, 0.3) is 6.08 Å². The first-order valence-electron chi connectivity index (χ1n) is 9.33. The summed E-state index contributed by atoms with van der Waals surface area (Å²) in [6.07, 6.45) is 1.57. The lowest BCUT2D eigenvalue weighted by Crippen LogP contribution is -2.06. The summed E-state index contributed by atoms with van der Waals surface area (Å²) in [7, 11) is 0. The van der Waals surface area contributed by atoms with Crippen molar-refractivity contribution in [3.8, 4) is 5.75 Å². The Balaban J connectivity index is 1.48. The molecule has 7 nitrogen and oxygen atoms in total. The minimum absolute atomic E-state index is 0.0104. The van der Waals surface area contributed by atoms with Crippen molar-refractivity contribution in [1.82, 2.24) is 0 Å². The normalized spacial score (nSPS) is 14.2. The van der Waals surface area contributed by atoms with Crippen LogP contribution in [0.2, 0.25) is 5.02 Å². The Morgan fingerprint density at radius 2 is 1.81 bits per heavy atom. The lowest BCUT2D eigenvalue weighted by atomic mass is 10.2. The maximum absolute atomic E-state index is 12.2. The summed E-state index contributed by atoms with van der Waals surface area (Å²) in [5, 5.41) is 11.1. The van der Waals surface area contributed by atoms with Crippen molar-refractivity contribution in [3.63, 3.8) is 0 Å². The number of benzene rings is 3. The van der Waals surface area contributed by atoms with Crippen molar-refractivity contribution in [2.24, 2.45) is 4.99 Å². The summed E-state index contributed by atoms with van der Waals surface area (Å²) in [5.74, 6) is 0.0347. The summed E-state index contributed by atoms with van der Waals surface area (Å²) in [4.78, 5) is 26.9. The van der Waals surface area contributed by atoms with Crippen molar-refractivity contribution < 1.29 is 19.2 Å². The van der Waals surface area contributed by atoms with Crippen LogP contribution in [0.4, 0.5) is 5.69 Å². The molecular formula is C23H14ClIN2O5. The van der Waals surface area contributed by atoms with Crippen LogP contribution in [0.3, 0.4) is 0 Å². The van der Waals surface area contributed by atoms with Crippen molar-refractivity contribution in [1.29, 1.82) is 0 Å². The van der Waals surface area contributed by atoms with Crippen molar-refractivity contribution in [2.45, 2.75) is 6.61 Å². The Kier molecular flexibility index (Phi) is 6.52. The second-order valence-electron chi connectivity index (χ2n) is 6.74. The first-order valence-corrected chi connectivity index (χ1v) is 10.8. The SMILES string of the molecule is O=C1OC(c2ccc(Cl)c([N+](=O)[O-])c2)=N/C1=C\c1ccc(OCc2ccc(I)cc2)cc1. The summed E-state index contributed by atoms with van der Waals surface area (Å²) in [6, 6.07) is 19.3. The maximum Gasteiger partial charge on any atom is 0.363 e. The second-order valence-corrected chi connectivity index (χ2v) is 8.40. The van der Waals surface area contributed by atoms with Crippen LogP contribution in [0.15, 0.2) is 77.4 Å². The predicted molar refractivity (Wildman–Crippen MR) is 129 cm³/mol. The van der Waals surface area contributed by atoms with E-state index in [1.807, 2.05) is 24.3 Å². The number of rotatable bonds is 6. The number of nitro groups is 1. The molecule has 0 atom stereocenters. The van der Waals surface area contributed by atoms with Crippen molar-refractivity contribution in [2.75, 3.05) is 0 Å².